The number of para-hydroxylation sites is 1. The lowest BCUT2D eigenvalue weighted by molar-refractivity contribution is -0.121. The molecule has 0 saturated heterocycles. The molecule has 0 saturated carbocycles. The Morgan fingerprint density at radius 2 is 1.74 bits per heavy atom. The normalized spacial score (nSPS) is 19.1. The van der Waals surface area contributed by atoms with E-state index in [1.165, 1.54) is 0 Å². The SMILES string of the molecule is O=C1NC(=O)C2c3ccccc3Oc3cccc1c32. The number of hydrogen-bond acceptors (Lipinski definition) is 3. The predicted octanol–water partition coefficient (Wildman–Crippen LogP) is 2.19. The highest BCUT2D eigenvalue weighted by Crippen LogP contribution is 2.46. The van der Waals surface area contributed by atoms with Crippen molar-refractivity contribution >= 4 is 11.8 Å². The first kappa shape index (κ1) is 10.3. The molecule has 0 bridgehead atoms. The van der Waals surface area contributed by atoms with Crippen molar-refractivity contribution in [2.75, 3.05) is 0 Å². The smallest absolute Gasteiger partial charge is 0.258 e. The summed E-state index contributed by atoms with van der Waals surface area (Å²) >= 11 is 0. The molecule has 4 rings (SSSR count). The van der Waals surface area contributed by atoms with Crippen LogP contribution in [0.1, 0.15) is 27.4 Å². The van der Waals surface area contributed by atoms with Gasteiger partial charge >= 0.3 is 0 Å². The fraction of sp³-hybridized carbons (Fsp3) is 0.0667. The van der Waals surface area contributed by atoms with E-state index in [-0.39, 0.29) is 11.8 Å². The first-order valence-electron chi connectivity index (χ1n) is 6.00. The highest BCUT2D eigenvalue weighted by Gasteiger charge is 2.40. The number of nitrogens with one attached hydrogen (secondary N) is 1. The van der Waals surface area contributed by atoms with Gasteiger partial charge in [0.25, 0.3) is 5.91 Å². The van der Waals surface area contributed by atoms with Crippen LogP contribution in [0.25, 0.3) is 0 Å². The van der Waals surface area contributed by atoms with Crippen LogP contribution in [0.15, 0.2) is 42.5 Å². The molecule has 2 heterocycles. The van der Waals surface area contributed by atoms with Crippen molar-refractivity contribution in [1.29, 1.82) is 0 Å². The fourth-order valence-electron chi connectivity index (χ4n) is 2.74. The van der Waals surface area contributed by atoms with Gasteiger partial charge in [-0.3, -0.25) is 14.9 Å². The molecule has 19 heavy (non-hydrogen) atoms. The molecular weight excluding hydrogens is 242 g/mol. The van der Waals surface area contributed by atoms with Gasteiger partial charge < -0.3 is 4.74 Å². The average Bonchev–Trinajstić information content (AvgIpc) is 2.42. The second-order valence-corrected chi connectivity index (χ2v) is 4.61. The van der Waals surface area contributed by atoms with Crippen molar-refractivity contribution in [3.63, 3.8) is 0 Å². The largest absolute Gasteiger partial charge is 0.457 e. The van der Waals surface area contributed by atoms with Gasteiger partial charge in [-0.2, -0.15) is 0 Å². The minimum atomic E-state index is -0.464. The molecule has 2 aromatic rings. The number of imide groups is 1. The lowest BCUT2D eigenvalue weighted by Gasteiger charge is -2.31. The summed E-state index contributed by atoms with van der Waals surface area (Å²) < 4.78 is 5.79. The molecule has 2 aromatic carbocycles. The van der Waals surface area contributed by atoms with Crippen LogP contribution in [-0.2, 0) is 4.79 Å². The van der Waals surface area contributed by atoms with Crippen LogP contribution < -0.4 is 10.1 Å². The Morgan fingerprint density at radius 1 is 0.947 bits per heavy atom. The molecule has 92 valence electrons. The van der Waals surface area contributed by atoms with Gasteiger partial charge in [0.2, 0.25) is 5.91 Å². The van der Waals surface area contributed by atoms with Gasteiger partial charge in [-0.05, 0) is 18.2 Å². The maximum absolute atomic E-state index is 12.2. The second-order valence-electron chi connectivity index (χ2n) is 4.61. The van der Waals surface area contributed by atoms with Crippen molar-refractivity contribution < 1.29 is 14.3 Å². The molecule has 2 amide bonds. The van der Waals surface area contributed by atoms with Crippen LogP contribution in [0.4, 0.5) is 0 Å². The van der Waals surface area contributed by atoms with Gasteiger partial charge in [0, 0.05) is 16.7 Å². The van der Waals surface area contributed by atoms with Crippen molar-refractivity contribution in [3.05, 3.63) is 59.2 Å². The predicted molar refractivity (Wildman–Crippen MR) is 67.3 cm³/mol. The number of carbonyl (C=O) groups excluding carboxylic acids is 2. The van der Waals surface area contributed by atoms with Crippen LogP contribution in [0.3, 0.4) is 0 Å². The summed E-state index contributed by atoms with van der Waals surface area (Å²) in [4.78, 5) is 24.0. The minimum absolute atomic E-state index is 0.291. The second kappa shape index (κ2) is 3.45. The molecule has 2 aliphatic heterocycles. The van der Waals surface area contributed by atoms with E-state index in [1.807, 2.05) is 24.3 Å². The first-order valence-corrected chi connectivity index (χ1v) is 6.00. The average molecular weight is 251 g/mol. The molecule has 0 spiro atoms. The summed E-state index contributed by atoms with van der Waals surface area (Å²) in [7, 11) is 0. The van der Waals surface area contributed by atoms with E-state index < -0.39 is 5.92 Å². The molecule has 0 fully saturated rings. The number of benzene rings is 2. The molecule has 1 N–H and O–H groups in total. The first-order chi connectivity index (χ1) is 9.25. The summed E-state index contributed by atoms with van der Waals surface area (Å²) in [5, 5.41) is 2.41. The van der Waals surface area contributed by atoms with Crippen molar-refractivity contribution in [3.8, 4) is 11.5 Å². The zero-order valence-corrected chi connectivity index (χ0v) is 9.84. The highest BCUT2D eigenvalue weighted by atomic mass is 16.5. The lowest BCUT2D eigenvalue weighted by atomic mass is 9.82. The van der Waals surface area contributed by atoms with E-state index >= 15 is 0 Å². The van der Waals surface area contributed by atoms with Gasteiger partial charge in [0.15, 0.2) is 0 Å². The summed E-state index contributed by atoms with van der Waals surface area (Å²) in [5.74, 6) is 0.140. The van der Waals surface area contributed by atoms with Gasteiger partial charge in [-0.1, -0.05) is 24.3 Å². The van der Waals surface area contributed by atoms with Crippen LogP contribution in [0, 0.1) is 0 Å². The van der Waals surface area contributed by atoms with E-state index in [0.29, 0.717) is 22.6 Å². The summed E-state index contributed by atoms with van der Waals surface area (Å²) in [6.45, 7) is 0. The topological polar surface area (TPSA) is 55.4 Å². The van der Waals surface area contributed by atoms with Crippen LogP contribution >= 0.6 is 0 Å². The molecule has 0 radical (unpaired) electrons. The van der Waals surface area contributed by atoms with E-state index in [9.17, 15) is 9.59 Å². The number of carbonyl (C=O) groups is 2. The van der Waals surface area contributed by atoms with Crippen LogP contribution in [0.2, 0.25) is 0 Å². The van der Waals surface area contributed by atoms with E-state index in [4.69, 9.17) is 4.74 Å². The van der Waals surface area contributed by atoms with Crippen molar-refractivity contribution in [1.82, 2.24) is 5.32 Å². The van der Waals surface area contributed by atoms with Crippen molar-refractivity contribution in [2.45, 2.75) is 5.92 Å². The molecule has 4 heteroatoms. The molecule has 4 nitrogen and oxygen atoms in total. The summed E-state index contributed by atoms with van der Waals surface area (Å²) in [5.41, 5.74) is 1.99. The third kappa shape index (κ3) is 1.28. The Bertz CT molecular complexity index is 736. The van der Waals surface area contributed by atoms with Gasteiger partial charge in [-0.25, -0.2) is 0 Å². The zero-order valence-electron chi connectivity index (χ0n) is 9.84. The van der Waals surface area contributed by atoms with Crippen molar-refractivity contribution in [2.24, 2.45) is 0 Å². The van der Waals surface area contributed by atoms with E-state index in [2.05, 4.69) is 5.32 Å². The number of ether oxygens (including phenoxy) is 1. The number of hydrogen-bond donors (Lipinski definition) is 1. The molecule has 1 atom stereocenters. The Morgan fingerprint density at radius 3 is 2.63 bits per heavy atom. The number of fused-ring (bicyclic) bond motifs is 2. The molecule has 1 unspecified atom stereocenters. The fourth-order valence-corrected chi connectivity index (χ4v) is 2.74. The van der Waals surface area contributed by atoms with Gasteiger partial charge in [0.05, 0.1) is 5.92 Å². The maximum Gasteiger partial charge on any atom is 0.258 e. The Kier molecular flexibility index (Phi) is 1.87. The third-order valence-electron chi connectivity index (χ3n) is 3.55. The zero-order chi connectivity index (χ0) is 13.0. The number of rotatable bonds is 0. The lowest BCUT2D eigenvalue weighted by Crippen LogP contribution is -2.41. The number of amides is 2. The van der Waals surface area contributed by atoms with E-state index in [1.54, 1.807) is 18.2 Å². The monoisotopic (exact) mass is 251 g/mol. The highest BCUT2D eigenvalue weighted by molar-refractivity contribution is 6.13. The third-order valence-corrected chi connectivity index (χ3v) is 3.55. The summed E-state index contributed by atoms with van der Waals surface area (Å²) in [6, 6.07) is 12.7. The van der Waals surface area contributed by atoms with Crippen LogP contribution in [-0.4, -0.2) is 11.8 Å². The molecule has 0 aliphatic carbocycles. The minimum Gasteiger partial charge on any atom is -0.457 e. The standard InChI is InChI=1S/C15H9NO3/c17-14-9-5-3-7-11-12(9)13(15(18)16-14)8-4-1-2-6-10(8)19-11/h1-7,13H,(H,16,17,18). The molecule has 0 aromatic heterocycles. The van der Waals surface area contributed by atoms with Gasteiger partial charge in [0.1, 0.15) is 11.5 Å². The molecule has 2 aliphatic rings. The Hall–Kier alpha value is -2.62. The maximum atomic E-state index is 12.2. The van der Waals surface area contributed by atoms with Gasteiger partial charge in [-0.15, -0.1) is 0 Å². The van der Waals surface area contributed by atoms with E-state index in [0.717, 1.165) is 5.56 Å². The Balaban J connectivity index is 2.06. The summed E-state index contributed by atoms with van der Waals surface area (Å²) in [6.07, 6.45) is 0. The van der Waals surface area contributed by atoms with Crippen LogP contribution in [0.5, 0.6) is 11.5 Å². The quantitative estimate of drug-likeness (QED) is 0.730. The molecular formula is C15H9NO3. The Labute approximate surface area is 109 Å².